The van der Waals surface area contributed by atoms with Gasteiger partial charge in [0.2, 0.25) is 0 Å². The molecule has 0 bridgehead atoms. The van der Waals surface area contributed by atoms with E-state index in [-0.39, 0.29) is 28.5 Å². The molecular weight excluding hydrogens is 245 g/mol. The van der Waals surface area contributed by atoms with Gasteiger partial charge in [0.1, 0.15) is 11.6 Å². The van der Waals surface area contributed by atoms with Gasteiger partial charge in [0.05, 0.1) is 11.6 Å². The zero-order chi connectivity index (χ0) is 12.4. The van der Waals surface area contributed by atoms with Crippen LogP contribution in [0.5, 0.6) is 0 Å². The van der Waals surface area contributed by atoms with E-state index in [2.05, 4.69) is 5.10 Å². The highest BCUT2D eigenvalue weighted by Gasteiger charge is 2.08. The fourth-order valence-electron chi connectivity index (χ4n) is 1.41. The molecule has 0 unspecified atom stereocenters. The molecule has 1 heterocycles. The van der Waals surface area contributed by atoms with Crippen LogP contribution in [0.15, 0.2) is 35.1 Å². The summed E-state index contributed by atoms with van der Waals surface area (Å²) in [6, 6.07) is 7.27. The summed E-state index contributed by atoms with van der Waals surface area (Å²) in [4.78, 5) is 11.5. The van der Waals surface area contributed by atoms with E-state index in [9.17, 15) is 9.18 Å². The van der Waals surface area contributed by atoms with Gasteiger partial charge in [0.15, 0.2) is 0 Å². The summed E-state index contributed by atoms with van der Waals surface area (Å²) < 4.78 is 14.7. The largest absolute Gasteiger partial charge is 0.382 e. The van der Waals surface area contributed by atoms with E-state index in [1.54, 1.807) is 12.1 Å². The zero-order valence-electron chi connectivity index (χ0n) is 8.73. The Balaban J connectivity index is 2.41. The Labute approximate surface area is 101 Å². The van der Waals surface area contributed by atoms with Gasteiger partial charge in [-0.05, 0) is 12.1 Å². The summed E-state index contributed by atoms with van der Waals surface area (Å²) in [6.45, 7) is -0.00370. The van der Waals surface area contributed by atoms with Gasteiger partial charge in [0.25, 0.3) is 5.56 Å². The van der Waals surface area contributed by atoms with Crippen LogP contribution < -0.4 is 11.3 Å². The Morgan fingerprint density at radius 2 is 2.12 bits per heavy atom. The van der Waals surface area contributed by atoms with Crippen LogP contribution in [0.25, 0.3) is 0 Å². The maximum atomic E-state index is 13.6. The molecule has 17 heavy (non-hydrogen) atoms. The normalized spacial score (nSPS) is 10.5. The number of anilines is 1. The fraction of sp³-hybridized carbons (Fsp3) is 0.0909. The lowest BCUT2D eigenvalue weighted by Crippen LogP contribution is -2.23. The Kier molecular flexibility index (Phi) is 3.10. The number of nitrogen functional groups attached to an aromatic ring is 1. The number of rotatable bonds is 2. The summed E-state index contributed by atoms with van der Waals surface area (Å²) in [7, 11) is 0. The third-order valence-electron chi connectivity index (χ3n) is 2.24. The molecule has 0 spiro atoms. The van der Waals surface area contributed by atoms with Gasteiger partial charge in [-0.15, -0.1) is 0 Å². The van der Waals surface area contributed by atoms with E-state index < -0.39 is 5.82 Å². The number of hydrogen-bond acceptors (Lipinski definition) is 3. The van der Waals surface area contributed by atoms with Crippen molar-refractivity contribution >= 4 is 17.4 Å². The van der Waals surface area contributed by atoms with Gasteiger partial charge in [-0.3, -0.25) is 4.79 Å². The first-order valence-corrected chi connectivity index (χ1v) is 5.22. The highest BCUT2D eigenvalue weighted by molar-refractivity contribution is 6.30. The van der Waals surface area contributed by atoms with Crippen LogP contribution in [0.2, 0.25) is 5.02 Å². The van der Waals surface area contributed by atoms with Gasteiger partial charge in [0, 0.05) is 11.6 Å². The van der Waals surface area contributed by atoms with E-state index in [1.165, 1.54) is 18.2 Å². The van der Waals surface area contributed by atoms with E-state index in [1.807, 2.05) is 0 Å². The number of aromatic nitrogens is 2. The molecule has 1 aromatic carbocycles. The molecule has 0 aliphatic heterocycles. The van der Waals surface area contributed by atoms with Crippen molar-refractivity contribution in [2.24, 2.45) is 0 Å². The summed E-state index contributed by atoms with van der Waals surface area (Å²) in [5, 5.41) is 3.82. The molecule has 1 aromatic heterocycles. The first-order valence-electron chi connectivity index (χ1n) is 4.84. The monoisotopic (exact) mass is 253 g/mol. The second-order valence-corrected chi connectivity index (χ2v) is 3.87. The number of benzene rings is 1. The van der Waals surface area contributed by atoms with E-state index in [0.29, 0.717) is 0 Å². The lowest BCUT2D eigenvalue weighted by atomic mass is 10.2. The Morgan fingerprint density at radius 1 is 1.35 bits per heavy atom. The van der Waals surface area contributed by atoms with E-state index >= 15 is 0 Å². The standard InChI is InChI=1S/C11H9ClFN3O/c12-8-3-1-2-7(11(8)13)6-16-10(17)5-4-9(14)15-16/h1-5H,6H2,(H2,14,15). The molecule has 2 N–H and O–H groups in total. The molecule has 88 valence electrons. The quantitative estimate of drug-likeness (QED) is 0.886. The fourth-order valence-corrected chi connectivity index (χ4v) is 1.60. The molecule has 2 aromatic rings. The van der Waals surface area contributed by atoms with Crippen LogP contribution in [0.1, 0.15) is 5.56 Å². The Bertz CT molecular complexity index is 612. The van der Waals surface area contributed by atoms with Crippen LogP contribution in [0, 0.1) is 5.82 Å². The molecule has 0 radical (unpaired) electrons. The third-order valence-corrected chi connectivity index (χ3v) is 2.53. The molecule has 0 atom stereocenters. The predicted octanol–water partition coefficient (Wildman–Crippen LogP) is 1.67. The Hall–Kier alpha value is -1.88. The second kappa shape index (κ2) is 4.55. The topological polar surface area (TPSA) is 60.9 Å². The minimum atomic E-state index is -0.551. The van der Waals surface area contributed by atoms with Crippen molar-refractivity contribution in [3.63, 3.8) is 0 Å². The minimum Gasteiger partial charge on any atom is -0.382 e. The van der Waals surface area contributed by atoms with E-state index in [0.717, 1.165) is 4.68 Å². The summed E-state index contributed by atoms with van der Waals surface area (Å²) in [5.74, 6) is -0.350. The van der Waals surface area contributed by atoms with Crippen molar-refractivity contribution in [1.82, 2.24) is 9.78 Å². The van der Waals surface area contributed by atoms with Crippen molar-refractivity contribution < 1.29 is 4.39 Å². The summed E-state index contributed by atoms with van der Waals surface area (Å²) in [5.41, 5.74) is 5.40. The van der Waals surface area contributed by atoms with Crippen molar-refractivity contribution in [2.75, 3.05) is 5.73 Å². The van der Waals surface area contributed by atoms with Crippen molar-refractivity contribution in [3.05, 3.63) is 57.1 Å². The molecule has 2 rings (SSSR count). The van der Waals surface area contributed by atoms with Crippen LogP contribution in [-0.2, 0) is 6.54 Å². The van der Waals surface area contributed by atoms with Gasteiger partial charge in [-0.25, -0.2) is 9.07 Å². The highest BCUT2D eigenvalue weighted by atomic mass is 35.5. The lowest BCUT2D eigenvalue weighted by Gasteiger charge is -2.06. The number of nitrogens with zero attached hydrogens (tertiary/aromatic N) is 2. The number of hydrogen-bond donors (Lipinski definition) is 1. The molecule has 6 heteroatoms. The third kappa shape index (κ3) is 2.45. The molecule has 0 amide bonds. The van der Waals surface area contributed by atoms with Crippen molar-refractivity contribution in [3.8, 4) is 0 Å². The molecule has 4 nitrogen and oxygen atoms in total. The van der Waals surface area contributed by atoms with E-state index in [4.69, 9.17) is 17.3 Å². The average molecular weight is 254 g/mol. The van der Waals surface area contributed by atoms with Crippen molar-refractivity contribution in [1.29, 1.82) is 0 Å². The summed E-state index contributed by atoms with van der Waals surface area (Å²) in [6.07, 6.45) is 0. The molecule has 0 aliphatic rings. The minimum absolute atomic E-state index is 0.00370. The SMILES string of the molecule is Nc1ccc(=O)n(Cc2cccc(Cl)c2F)n1. The number of nitrogens with two attached hydrogens (primary N) is 1. The Morgan fingerprint density at radius 3 is 2.88 bits per heavy atom. The molecular formula is C11H9ClFN3O. The second-order valence-electron chi connectivity index (χ2n) is 3.47. The van der Waals surface area contributed by atoms with Crippen LogP contribution in [0.4, 0.5) is 10.2 Å². The zero-order valence-corrected chi connectivity index (χ0v) is 9.49. The smallest absolute Gasteiger partial charge is 0.267 e. The molecule has 0 saturated carbocycles. The molecule has 0 fully saturated rings. The maximum Gasteiger partial charge on any atom is 0.267 e. The maximum absolute atomic E-state index is 13.6. The van der Waals surface area contributed by atoms with Crippen LogP contribution in [-0.4, -0.2) is 9.78 Å². The van der Waals surface area contributed by atoms with Crippen molar-refractivity contribution in [2.45, 2.75) is 6.54 Å². The molecule has 0 aliphatic carbocycles. The predicted molar refractivity (Wildman–Crippen MR) is 63.4 cm³/mol. The average Bonchev–Trinajstić information content (AvgIpc) is 2.30. The molecule has 0 saturated heterocycles. The highest BCUT2D eigenvalue weighted by Crippen LogP contribution is 2.18. The lowest BCUT2D eigenvalue weighted by molar-refractivity contribution is 0.574. The summed E-state index contributed by atoms with van der Waals surface area (Å²) >= 11 is 5.64. The first-order chi connectivity index (χ1) is 8.08. The van der Waals surface area contributed by atoms with Gasteiger partial charge >= 0.3 is 0 Å². The van der Waals surface area contributed by atoms with Gasteiger partial charge < -0.3 is 5.73 Å². The number of halogens is 2. The first kappa shape index (κ1) is 11.6. The van der Waals surface area contributed by atoms with Crippen LogP contribution in [0.3, 0.4) is 0 Å². The van der Waals surface area contributed by atoms with Gasteiger partial charge in [-0.1, -0.05) is 23.7 Å². The van der Waals surface area contributed by atoms with Crippen LogP contribution >= 0.6 is 11.6 Å². The van der Waals surface area contributed by atoms with Gasteiger partial charge in [-0.2, -0.15) is 5.10 Å².